The van der Waals surface area contributed by atoms with E-state index in [1.165, 1.54) is 0 Å². The first-order valence-corrected chi connectivity index (χ1v) is 12.6. The molecule has 0 amide bonds. The third-order valence-electron chi connectivity index (χ3n) is 5.52. The summed E-state index contributed by atoms with van der Waals surface area (Å²) in [7, 11) is 0. The summed E-state index contributed by atoms with van der Waals surface area (Å²) in [5.41, 5.74) is 2.93. The number of nitrogens with zero attached hydrogens (tertiary/aromatic N) is 1. The number of aryl methyl sites for hydroxylation is 1. The van der Waals surface area contributed by atoms with E-state index in [1.807, 2.05) is 52.2 Å². The van der Waals surface area contributed by atoms with Crippen molar-refractivity contribution in [1.29, 1.82) is 0 Å². The standard InChI is InChI=1S/C27H40N2O6.HI/c1-6-11-29-12-9-10-22(19-29)25-23(26(30)34-17-15-32-13-7-2)20(4)28-21(5)24(25)27(31)35-18-16-33-14-8-3;/h9-10,12,19,25H,6-8,11,13-18H2,1-5H3;1H. The Hall–Kier alpha value is -1.98. The lowest BCUT2D eigenvalue weighted by Crippen LogP contribution is -3.00. The SMILES string of the molecule is CCCOCCOC(=O)C1=C(C)NC(C)=C(C(=O)OCCOCCC)C1c1ccc[n+](CCC)c1.[I-]. The minimum absolute atomic E-state index is 0. The summed E-state index contributed by atoms with van der Waals surface area (Å²) in [4.78, 5) is 26.5. The molecule has 0 unspecified atom stereocenters. The number of esters is 2. The van der Waals surface area contributed by atoms with Crippen LogP contribution in [0.2, 0.25) is 0 Å². The van der Waals surface area contributed by atoms with E-state index in [-0.39, 0.29) is 37.2 Å². The highest BCUT2D eigenvalue weighted by molar-refractivity contribution is 5.99. The fraction of sp³-hybridized carbons (Fsp3) is 0.593. The summed E-state index contributed by atoms with van der Waals surface area (Å²) in [6.07, 6.45) is 6.72. The molecular weight excluding hydrogens is 575 g/mol. The monoisotopic (exact) mass is 616 g/mol. The van der Waals surface area contributed by atoms with Crippen LogP contribution < -0.4 is 33.9 Å². The number of halogens is 1. The van der Waals surface area contributed by atoms with E-state index in [1.54, 1.807) is 0 Å². The molecule has 36 heavy (non-hydrogen) atoms. The molecule has 2 rings (SSSR count). The second kappa shape index (κ2) is 17.5. The van der Waals surface area contributed by atoms with Gasteiger partial charge in [-0.3, -0.25) is 0 Å². The molecule has 8 nitrogen and oxygen atoms in total. The number of rotatable bonds is 15. The van der Waals surface area contributed by atoms with Crippen LogP contribution >= 0.6 is 0 Å². The Balaban J connectivity index is 0.00000648. The van der Waals surface area contributed by atoms with Crippen molar-refractivity contribution in [2.45, 2.75) is 66.3 Å². The number of nitrogens with one attached hydrogen (secondary N) is 1. The summed E-state index contributed by atoms with van der Waals surface area (Å²) < 4.78 is 24.1. The molecule has 1 N–H and O–H groups in total. The summed E-state index contributed by atoms with van der Waals surface area (Å²) >= 11 is 0. The second-order valence-corrected chi connectivity index (χ2v) is 8.51. The molecule has 0 saturated carbocycles. The van der Waals surface area contributed by atoms with Gasteiger partial charge in [0.05, 0.1) is 30.3 Å². The quantitative estimate of drug-likeness (QED) is 0.134. The Kier molecular flexibility index (Phi) is 15.6. The van der Waals surface area contributed by atoms with E-state index in [2.05, 4.69) is 16.8 Å². The van der Waals surface area contributed by atoms with E-state index < -0.39 is 17.9 Å². The largest absolute Gasteiger partial charge is 1.00 e. The highest BCUT2D eigenvalue weighted by Crippen LogP contribution is 2.38. The van der Waals surface area contributed by atoms with Gasteiger partial charge in [0.15, 0.2) is 12.4 Å². The van der Waals surface area contributed by atoms with Crippen molar-refractivity contribution in [3.05, 3.63) is 52.6 Å². The summed E-state index contributed by atoms with van der Waals surface area (Å²) in [6.45, 7) is 12.8. The van der Waals surface area contributed by atoms with E-state index in [0.29, 0.717) is 49.0 Å². The van der Waals surface area contributed by atoms with Crippen molar-refractivity contribution in [2.24, 2.45) is 0 Å². The predicted octanol–water partition coefficient (Wildman–Crippen LogP) is 0.563. The zero-order valence-corrected chi connectivity index (χ0v) is 24.4. The van der Waals surface area contributed by atoms with Gasteiger partial charge in [-0.2, -0.15) is 0 Å². The molecule has 1 aliphatic rings. The van der Waals surface area contributed by atoms with Crippen LogP contribution in [-0.4, -0.2) is 51.6 Å². The topological polar surface area (TPSA) is 87.0 Å². The Morgan fingerprint density at radius 3 is 1.83 bits per heavy atom. The Morgan fingerprint density at radius 2 is 1.36 bits per heavy atom. The molecule has 2 heterocycles. The van der Waals surface area contributed by atoms with Gasteiger partial charge >= 0.3 is 11.9 Å². The molecule has 1 aliphatic heterocycles. The maximum atomic E-state index is 13.3. The van der Waals surface area contributed by atoms with Gasteiger partial charge in [0, 0.05) is 42.7 Å². The van der Waals surface area contributed by atoms with Crippen molar-refractivity contribution < 1.29 is 57.1 Å². The highest BCUT2D eigenvalue weighted by atomic mass is 127. The molecule has 1 aromatic heterocycles. The van der Waals surface area contributed by atoms with Crippen LogP contribution in [0.25, 0.3) is 0 Å². The zero-order valence-electron chi connectivity index (χ0n) is 22.2. The van der Waals surface area contributed by atoms with E-state index in [0.717, 1.165) is 31.4 Å². The first-order valence-electron chi connectivity index (χ1n) is 12.6. The van der Waals surface area contributed by atoms with Crippen LogP contribution in [-0.2, 0) is 35.1 Å². The number of carbonyl (C=O) groups excluding carboxylic acids is 2. The normalized spacial score (nSPS) is 13.8. The van der Waals surface area contributed by atoms with E-state index in [9.17, 15) is 9.59 Å². The molecule has 0 fully saturated rings. The van der Waals surface area contributed by atoms with Gasteiger partial charge in [0.25, 0.3) is 0 Å². The lowest BCUT2D eigenvalue weighted by Gasteiger charge is -2.30. The summed E-state index contributed by atoms with van der Waals surface area (Å²) in [5.74, 6) is -1.57. The number of hydrogen-bond acceptors (Lipinski definition) is 7. The average molecular weight is 617 g/mol. The minimum Gasteiger partial charge on any atom is -1.00 e. The number of carbonyl (C=O) groups is 2. The smallest absolute Gasteiger partial charge is 0.336 e. The molecule has 0 atom stereocenters. The van der Waals surface area contributed by atoms with Crippen LogP contribution in [0, 0.1) is 0 Å². The van der Waals surface area contributed by atoms with Crippen LogP contribution in [0.4, 0.5) is 0 Å². The lowest BCUT2D eigenvalue weighted by molar-refractivity contribution is -0.697. The zero-order chi connectivity index (χ0) is 25.6. The first kappa shape index (κ1) is 32.0. The van der Waals surface area contributed by atoms with Crippen LogP contribution in [0.3, 0.4) is 0 Å². The fourth-order valence-corrected chi connectivity index (χ4v) is 4.01. The van der Waals surface area contributed by atoms with Crippen LogP contribution in [0.1, 0.15) is 65.4 Å². The third-order valence-corrected chi connectivity index (χ3v) is 5.52. The van der Waals surface area contributed by atoms with Gasteiger partial charge in [-0.25, -0.2) is 14.2 Å². The number of allylic oxidation sites excluding steroid dienone is 2. The van der Waals surface area contributed by atoms with Crippen molar-refractivity contribution in [2.75, 3.05) is 39.6 Å². The Morgan fingerprint density at radius 1 is 0.833 bits per heavy atom. The molecule has 0 saturated heterocycles. The van der Waals surface area contributed by atoms with Gasteiger partial charge < -0.3 is 48.2 Å². The molecule has 9 heteroatoms. The van der Waals surface area contributed by atoms with Gasteiger partial charge in [0.2, 0.25) is 0 Å². The van der Waals surface area contributed by atoms with Gasteiger partial charge in [-0.15, -0.1) is 0 Å². The van der Waals surface area contributed by atoms with E-state index >= 15 is 0 Å². The van der Waals surface area contributed by atoms with Crippen molar-refractivity contribution >= 4 is 11.9 Å². The lowest BCUT2D eigenvalue weighted by atomic mass is 9.81. The number of aromatic nitrogens is 1. The molecule has 0 bridgehead atoms. The molecule has 0 aliphatic carbocycles. The van der Waals surface area contributed by atoms with Crippen molar-refractivity contribution in [3.63, 3.8) is 0 Å². The summed E-state index contributed by atoms with van der Waals surface area (Å²) in [5, 5.41) is 3.19. The average Bonchev–Trinajstić information content (AvgIpc) is 2.83. The highest BCUT2D eigenvalue weighted by Gasteiger charge is 2.39. The maximum Gasteiger partial charge on any atom is 0.336 e. The predicted molar refractivity (Wildman–Crippen MR) is 132 cm³/mol. The number of hydrogen-bond donors (Lipinski definition) is 1. The molecular formula is C27H41IN2O6. The van der Waals surface area contributed by atoms with E-state index in [4.69, 9.17) is 18.9 Å². The first-order chi connectivity index (χ1) is 16.9. The van der Waals surface area contributed by atoms with Crippen molar-refractivity contribution in [3.8, 4) is 0 Å². The third kappa shape index (κ3) is 9.48. The van der Waals surface area contributed by atoms with Gasteiger partial charge in [-0.05, 0) is 32.8 Å². The Bertz CT molecular complexity index is 867. The number of ether oxygens (including phenoxy) is 4. The Labute approximate surface area is 232 Å². The summed E-state index contributed by atoms with van der Waals surface area (Å²) in [6, 6.07) is 3.86. The van der Waals surface area contributed by atoms with Gasteiger partial charge in [-0.1, -0.05) is 20.8 Å². The van der Waals surface area contributed by atoms with Crippen LogP contribution in [0.15, 0.2) is 47.1 Å². The maximum absolute atomic E-state index is 13.3. The molecule has 0 radical (unpaired) electrons. The molecule has 0 aromatic carbocycles. The second-order valence-electron chi connectivity index (χ2n) is 8.51. The fourth-order valence-electron chi connectivity index (χ4n) is 4.01. The molecule has 202 valence electrons. The number of dihydropyridines is 1. The minimum atomic E-state index is -0.617. The number of pyridine rings is 1. The molecule has 1 aromatic rings. The van der Waals surface area contributed by atoms with Crippen LogP contribution in [0.5, 0.6) is 0 Å². The van der Waals surface area contributed by atoms with Gasteiger partial charge in [0.1, 0.15) is 19.8 Å². The van der Waals surface area contributed by atoms with Crippen molar-refractivity contribution in [1.82, 2.24) is 5.32 Å². The molecule has 0 spiro atoms.